The van der Waals surface area contributed by atoms with Crippen LogP contribution in [0, 0.1) is 6.92 Å². The zero-order valence-corrected chi connectivity index (χ0v) is 17.4. The normalized spacial score (nSPS) is 16.6. The summed E-state index contributed by atoms with van der Waals surface area (Å²) in [5.74, 6) is 0.684. The van der Waals surface area contributed by atoms with E-state index in [1.807, 2.05) is 6.92 Å². The number of sulfonamides is 1. The van der Waals surface area contributed by atoms with Gasteiger partial charge in [-0.2, -0.15) is 0 Å². The fourth-order valence-corrected chi connectivity index (χ4v) is 4.16. The third-order valence-corrected chi connectivity index (χ3v) is 5.94. The van der Waals surface area contributed by atoms with Gasteiger partial charge in [-0.3, -0.25) is 9.71 Å². The number of methoxy groups -OCH3 is 2. The molecule has 9 heteroatoms. The maximum atomic E-state index is 12.4. The molecule has 0 fully saturated rings. The van der Waals surface area contributed by atoms with Crippen LogP contribution in [0.2, 0.25) is 0 Å². The van der Waals surface area contributed by atoms with E-state index in [0.29, 0.717) is 17.1 Å². The quantitative estimate of drug-likeness (QED) is 0.722. The molecule has 3 rings (SSSR count). The number of benzene rings is 2. The fourth-order valence-electron chi connectivity index (χ4n) is 2.92. The van der Waals surface area contributed by atoms with Gasteiger partial charge in [-0.1, -0.05) is 12.1 Å². The second kappa shape index (κ2) is 8.12. The molecule has 1 aliphatic heterocycles. The van der Waals surface area contributed by atoms with Crippen molar-refractivity contribution in [3.8, 4) is 11.5 Å². The van der Waals surface area contributed by atoms with Gasteiger partial charge in [-0.25, -0.2) is 13.2 Å². The number of carbonyl (C=O) groups is 1. The molecule has 2 aromatic rings. The molecular formula is C20H22N2O6S. The number of hydrogen-bond donors (Lipinski definition) is 1. The number of fused-ring (bicyclic) bond motifs is 1. The minimum absolute atomic E-state index is 0.0303. The maximum Gasteiger partial charge on any atom is 0.330 e. The zero-order chi connectivity index (χ0) is 21.2. The van der Waals surface area contributed by atoms with Crippen LogP contribution in [0.3, 0.4) is 0 Å². The van der Waals surface area contributed by atoms with Crippen LogP contribution in [-0.2, 0) is 26.2 Å². The van der Waals surface area contributed by atoms with E-state index in [2.05, 4.69) is 9.71 Å². The van der Waals surface area contributed by atoms with Gasteiger partial charge in [-0.15, -0.1) is 0 Å². The number of nitrogens with zero attached hydrogens (tertiary/aromatic N) is 1. The molecule has 0 aliphatic carbocycles. The monoisotopic (exact) mass is 418 g/mol. The number of hydrogen-bond acceptors (Lipinski definition) is 7. The van der Waals surface area contributed by atoms with Gasteiger partial charge in [0.05, 0.1) is 19.1 Å². The van der Waals surface area contributed by atoms with Crippen LogP contribution in [-0.4, -0.2) is 40.5 Å². The van der Waals surface area contributed by atoms with E-state index in [4.69, 9.17) is 14.2 Å². The molecule has 1 atom stereocenters. The maximum absolute atomic E-state index is 12.4. The van der Waals surface area contributed by atoms with Crippen molar-refractivity contribution in [3.05, 3.63) is 53.1 Å². The van der Waals surface area contributed by atoms with Gasteiger partial charge in [0.15, 0.2) is 11.5 Å². The van der Waals surface area contributed by atoms with Crippen molar-refractivity contribution in [2.24, 2.45) is 4.99 Å². The lowest BCUT2D eigenvalue weighted by Crippen LogP contribution is -2.26. The minimum atomic E-state index is -3.66. The summed E-state index contributed by atoms with van der Waals surface area (Å²) in [5.41, 5.74) is 2.08. The standard InChI is InChI=1S/C20H22N2O6S/c1-12-9-16(26-3)17(27-4)10-14(12)11-28-20(23)13(2)21-19-15-7-5-6-8-18(15)29(24,25)22-19/h5-10,13H,11H2,1-4H3,(H,21,22)/t13-/m0/s1. The summed E-state index contributed by atoms with van der Waals surface area (Å²) in [5, 5.41) is 0. The van der Waals surface area contributed by atoms with Crippen LogP contribution >= 0.6 is 0 Å². The van der Waals surface area contributed by atoms with Gasteiger partial charge in [0.2, 0.25) is 0 Å². The number of amidine groups is 1. The second-order valence-corrected chi connectivity index (χ2v) is 8.15. The summed E-state index contributed by atoms with van der Waals surface area (Å²) in [4.78, 5) is 16.8. The lowest BCUT2D eigenvalue weighted by molar-refractivity contribution is -0.146. The van der Waals surface area contributed by atoms with Crippen LogP contribution in [0.25, 0.3) is 0 Å². The topological polar surface area (TPSA) is 103 Å². The third-order valence-electron chi connectivity index (χ3n) is 4.54. The highest BCUT2D eigenvalue weighted by Gasteiger charge is 2.31. The second-order valence-electron chi connectivity index (χ2n) is 6.50. The van der Waals surface area contributed by atoms with Gasteiger partial charge >= 0.3 is 5.97 Å². The summed E-state index contributed by atoms with van der Waals surface area (Å²) in [6.45, 7) is 3.45. The van der Waals surface area contributed by atoms with E-state index < -0.39 is 22.0 Å². The van der Waals surface area contributed by atoms with Crippen LogP contribution in [0.5, 0.6) is 11.5 Å². The summed E-state index contributed by atoms with van der Waals surface area (Å²) >= 11 is 0. The van der Waals surface area contributed by atoms with Gasteiger partial charge in [-0.05, 0) is 49.2 Å². The first-order chi connectivity index (χ1) is 13.8. The molecule has 2 aromatic carbocycles. The Bertz CT molecular complexity index is 1080. The number of ether oxygens (including phenoxy) is 3. The Kier molecular flexibility index (Phi) is 5.78. The minimum Gasteiger partial charge on any atom is -0.493 e. The predicted molar refractivity (Wildman–Crippen MR) is 107 cm³/mol. The highest BCUT2D eigenvalue weighted by molar-refractivity contribution is 7.90. The van der Waals surface area contributed by atoms with E-state index in [1.54, 1.807) is 44.4 Å². The van der Waals surface area contributed by atoms with E-state index in [0.717, 1.165) is 11.1 Å². The largest absolute Gasteiger partial charge is 0.493 e. The Morgan fingerprint density at radius 3 is 2.48 bits per heavy atom. The number of rotatable bonds is 6. The van der Waals surface area contributed by atoms with Gasteiger partial charge in [0.25, 0.3) is 10.0 Å². The molecular weight excluding hydrogens is 396 g/mol. The number of aliphatic imine (C=N–C) groups is 1. The molecule has 0 unspecified atom stereocenters. The molecule has 0 saturated carbocycles. The van der Waals surface area contributed by atoms with Gasteiger partial charge in [0.1, 0.15) is 18.5 Å². The smallest absolute Gasteiger partial charge is 0.330 e. The SMILES string of the molecule is COc1cc(C)c(COC(=O)[C@H](C)N=C2NS(=O)(=O)c3ccccc32)cc1OC. The van der Waals surface area contributed by atoms with E-state index in [-0.39, 0.29) is 17.3 Å². The first-order valence-electron chi connectivity index (χ1n) is 8.85. The Labute approximate surface area is 169 Å². The van der Waals surface area contributed by atoms with Crippen molar-refractivity contribution in [1.82, 2.24) is 4.72 Å². The summed E-state index contributed by atoms with van der Waals surface area (Å²) in [6, 6.07) is 9.12. The zero-order valence-electron chi connectivity index (χ0n) is 16.6. The Morgan fingerprint density at radius 1 is 1.14 bits per heavy atom. The van der Waals surface area contributed by atoms with Crippen LogP contribution in [0.4, 0.5) is 0 Å². The molecule has 0 aromatic heterocycles. The molecule has 0 spiro atoms. The van der Waals surface area contributed by atoms with E-state index in [9.17, 15) is 13.2 Å². The van der Waals surface area contributed by atoms with Gasteiger partial charge in [0, 0.05) is 5.56 Å². The predicted octanol–water partition coefficient (Wildman–Crippen LogP) is 2.18. The lowest BCUT2D eigenvalue weighted by Gasteiger charge is -2.14. The van der Waals surface area contributed by atoms with Crippen molar-refractivity contribution in [1.29, 1.82) is 0 Å². The first-order valence-corrected chi connectivity index (χ1v) is 10.3. The van der Waals surface area contributed by atoms with Crippen molar-refractivity contribution in [2.75, 3.05) is 14.2 Å². The van der Waals surface area contributed by atoms with Crippen LogP contribution < -0.4 is 14.2 Å². The molecule has 29 heavy (non-hydrogen) atoms. The lowest BCUT2D eigenvalue weighted by atomic mass is 10.1. The molecule has 0 radical (unpaired) electrons. The molecule has 1 heterocycles. The number of esters is 1. The molecule has 154 valence electrons. The molecule has 0 bridgehead atoms. The van der Waals surface area contributed by atoms with Crippen molar-refractivity contribution in [2.45, 2.75) is 31.4 Å². The number of aryl methyl sites for hydroxylation is 1. The van der Waals surface area contributed by atoms with Crippen LogP contribution in [0.1, 0.15) is 23.6 Å². The van der Waals surface area contributed by atoms with E-state index in [1.165, 1.54) is 13.2 Å². The average Bonchev–Trinajstić information content (AvgIpc) is 2.96. The Hall–Kier alpha value is -3.07. The van der Waals surface area contributed by atoms with Crippen molar-refractivity contribution >= 4 is 21.8 Å². The first kappa shape index (κ1) is 20.7. The molecule has 0 saturated heterocycles. The summed E-state index contributed by atoms with van der Waals surface area (Å²) in [7, 11) is -0.582. The molecule has 8 nitrogen and oxygen atoms in total. The van der Waals surface area contributed by atoms with Crippen molar-refractivity contribution < 1.29 is 27.4 Å². The average molecular weight is 418 g/mol. The summed E-state index contributed by atoms with van der Waals surface area (Å²) in [6.07, 6.45) is 0. The number of carbonyl (C=O) groups excluding carboxylic acids is 1. The fraction of sp³-hybridized carbons (Fsp3) is 0.300. The van der Waals surface area contributed by atoms with Gasteiger partial charge < -0.3 is 14.2 Å². The molecule has 0 amide bonds. The van der Waals surface area contributed by atoms with Crippen LogP contribution in [0.15, 0.2) is 46.3 Å². The Balaban J connectivity index is 1.74. The third kappa shape index (κ3) is 4.19. The molecule has 1 N–H and O–H groups in total. The highest BCUT2D eigenvalue weighted by atomic mass is 32.2. The number of nitrogens with one attached hydrogen (secondary N) is 1. The Morgan fingerprint density at radius 2 is 1.79 bits per heavy atom. The highest BCUT2D eigenvalue weighted by Crippen LogP contribution is 2.30. The molecule has 1 aliphatic rings. The van der Waals surface area contributed by atoms with Crippen molar-refractivity contribution in [3.63, 3.8) is 0 Å². The van der Waals surface area contributed by atoms with E-state index >= 15 is 0 Å². The summed E-state index contributed by atoms with van der Waals surface area (Å²) < 4.78 is 42.6.